The van der Waals surface area contributed by atoms with Crippen molar-refractivity contribution in [3.05, 3.63) is 93.8 Å². The molecule has 0 aliphatic heterocycles. The Bertz CT molecular complexity index is 1620. The van der Waals surface area contributed by atoms with E-state index >= 15 is 0 Å². The molecule has 0 aliphatic carbocycles. The van der Waals surface area contributed by atoms with Crippen molar-refractivity contribution in [2.45, 2.75) is 38.3 Å². The van der Waals surface area contributed by atoms with Crippen LogP contribution in [0.5, 0.6) is 11.6 Å². The quantitative estimate of drug-likeness (QED) is 0.216. The third-order valence-corrected chi connectivity index (χ3v) is 7.06. The van der Waals surface area contributed by atoms with Gasteiger partial charge >= 0.3 is 0 Å². The minimum Gasteiger partial charge on any atom is -0.467 e. The van der Waals surface area contributed by atoms with Crippen molar-refractivity contribution < 1.29 is 31.7 Å². The number of rotatable bonds is 10. The van der Waals surface area contributed by atoms with Gasteiger partial charge in [-0.25, -0.2) is 17.5 Å². The zero-order chi connectivity index (χ0) is 28.3. The van der Waals surface area contributed by atoms with Crippen LogP contribution in [0.4, 0.5) is 10.1 Å². The first-order valence-electron chi connectivity index (χ1n) is 11.6. The predicted octanol–water partition coefficient (Wildman–Crippen LogP) is 4.23. The minimum absolute atomic E-state index is 0.0486. The minimum atomic E-state index is -4.25. The van der Waals surface area contributed by atoms with Gasteiger partial charge in [-0.05, 0) is 63.2 Å². The van der Waals surface area contributed by atoms with E-state index in [0.717, 1.165) is 18.2 Å². The van der Waals surface area contributed by atoms with E-state index in [2.05, 4.69) is 15.1 Å². The van der Waals surface area contributed by atoms with Crippen molar-refractivity contribution in [3.63, 3.8) is 0 Å². The fourth-order valence-corrected chi connectivity index (χ4v) is 5.02. The molecule has 0 aliphatic rings. The highest BCUT2D eigenvalue weighted by Gasteiger charge is 2.28. The van der Waals surface area contributed by atoms with E-state index in [9.17, 15) is 27.7 Å². The van der Waals surface area contributed by atoms with Gasteiger partial charge in [0.1, 0.15) is 22.2 Å². The first kappa shape index (κ1) is 27.5. The second kappa shape index (κ2) is 11.0. The van der Waals surface area contributed by atoms with Crippen LogP contribution in [0.1, 0.15) is 35.7 Å². The lowest BCUT2D eigenvalue weighted by molar-refractivity contribution is -0.385. The number of benzene rings is 2. The van der Waals surface area contributed by atoms with Gasteiger partial charge in [0, 0.05) is 23.7 Å². The lowest BCUT2D eigenvalue weighted by Crippen LogP contribution is -2.30. The van der Waals surface area contributed by atoms with E-state index in [-0.39, 0.29) is 29.4 Å². The number of halogens is 1. The van der Waals surface area contributed by atoms with Crippen molar-refractivity contribution >= 4 is 21.6 Å². The number of nitro groups is 1. The van der Waals surface area contributed by atoms with Crippen LogP contribution < -0.4 is 14.8 Å². The van der Waals surface area contributed by atoms with Gasteiger partial charge in [0.25, 0.3) is 11.6 Å². The Balaban J connectivity index is 1.81. The maximum atomic E-state index is 13.6. The fraction of sp³-hybridized carbons (Fsp3) is 0.200. The molecular weight excluding hydrogens is 533 g/mol. The topological polar surface area (TPSA) is 159 Å². The monoisotopic (exact) mass is 557 g/mol. The van der Waals surface area contributed by atoms with Crippen LogP contribution in [0.2, 0.25) is 0 Å². The molecule has 4 aromatic rings. The molecule has 0 unspecified atom stereocenters. The molecule has 0 saturated carbocycles. The van der Waals surface area contributed by atoms with Crippen LogP contribution in [0.25, 0.3) is 5.69 Å². The first-order chi connectivity index (χ1) is 18.5. The van der Waals surface area contributed by atoms with Crippen LogP contribution in [0, 0.1) is 22.9 Å². The number of non-ortho nitro benzene ring substituents is 1. The fourth-order valence-electron chi connectivity index (χ4n) is 3.62. The molecule has 2 N–H and O–H groups in total. The zero-order valence-corrected chi connectivity index (χ0v) is 21.9. The molecule has 12 nitrogen and oxygen atoms in total. The summed E-state index contributed by atoms with van der Waals surface area (Å²) in [5, 5.41) is 18.4. The first-order valence-corrected chi connectivity index (χ1v) is 13.1. The van der Waals surface area contributed by atoms with E-state index in [1.807, 2.05) is 0 Å². The summed E-state index contributed by atoms with van der Waals surface area (Å²) < 4.78 is 54.6. The number of carbonyl (C=O) groups excluding carboxylic acids is 1. The summed E-state index contributed by atoms with van der Waals surface area (Å²) in [7, 11) is -4.25. The molecule has 2 heterocycles. The zero-order valence-electron chi connectivity index (χ0n) is 21.0. The van der Waals surface area contributed by atoms with Crippen molar-refractivity contribution in [1.29, 1.82) is 0 Å². The standard InChI is InChI=1S/C25H24FN5O7S/c1-15(2)29-39(35,36)22-13-19(31(33)34)10-11-21(22)38-25-16(3)23(24(32)27-14-20-5-4-12-37-20)28-30(25)18-8-6-17(26)7-9-18/h4-13,15,29H,14H2,1-3H3,(H,27,32). The van der Waals surface area contributed by atoms with Gasteiger partial charge in [-0.2, -0.15) is 9.78 Å². The molecular formula is C25H24FN5O7S. The molecule has 0 bridgehead atoms. The largest absolute Gasteiger partial charge is 0.467 e. The van der Waals surface area contributed by atoms with E-state index < -0.39 is 43.3 Å². The Morgan fingerprint density at radius 3 is 2.54 bits per heavy atom. The van der Waals surface area contributed by atoms with E-state index in [0.29, 0.717) is 11.4 Å². The van der Waals surface area contributed by atoms with Gasteiger partial charge in [0.05, 0.1) is 23.4 Å². The normalized spacial score (nSPS) is 11.5. The van der Waals surface area contributed by atoms with Crippen LogP contribution in [0.15, 0.2) is 70.2 Å². The maximum Gasteiger partial charge on any atom is 0.272 e. The van der Waals surface area contributed by atoms with E-state index in [4.69, 9.17) is 9.15 Å². The summed E-state index contributed by atoms with van der Waals surface area (Å²) in [5.41, 5.74) is 0.0294. The van der Waals surface area contributed by atoms with E-state index in [1.165, 1.54) is 42.1 Å². The van der Waals surface area contributed by atoms with Gasteiger partial charge in [-0.3, -0.25) is 14.9 Å². The van der Waals surface area contributed by atoms with Crippen molar-refractivity contribution in [2.24, 2.45) is 0 Å². The number of ether oxygens (including phenoxy) is 1. The number of hydrogen-bond donors (Lipinski definition) is 2. The Morgan fingerprint density at radius 1 is 1.21 bits per heavy atom. The highest BCUT2D eigenvalue weighted by Crippen LogP contribution is 2.35. The average Bonchev–Trinajstić information content (AvgIpc) is 3.51. The Kier molecular flexibility index (Phi) is 7.78. The molecule has 0 saturated heterocycles. The third-order valence-electron chi connectivity index (χ3n) is 5.38. The molecule has 39 heavy (non-hydrogen) atoms. The smallest absolute Gasteiger partial charge is 0.272 e. The van der Waals surface area contributed by atoms with Gasteiger partial charge in [0.15, 0.2) is 5.69 Å². The molecule has 0 radical (unpaired) electrons. The van der Waals surface area contributed by atoms with Gasteiger partial charge < -0.3 is 14.5 Å². The number of aromatic nitrogens is 2. The second-order valence-electron chi connectivity index (χ2n) is 8.70. The summed E-state index contributed by atoms with van der Waals surface area (Å²) in [6.07, 6.45) is 1.46. The van der Waals surface area contributed by atoms with Crippen molar-refractivity contribution in [3.8, 4) is 17.3 Å². The van der Waals surface area contributed by atoms with Crippen LogP contribution in [-0.2, 0) is 16.6 Å². The average molecular weight is 558 g/mol. The number of nitrogens with one attached hydrogen (secondary N) is 2. The highest BCUT2D eigenvalue weighted by molar-refractivity contribution is 7.89. The van der Waals surface area contributed by atoms with Crippen molar-refractivity contribution in [1.82, 2.24) is 19.8 Å². The predicted molar refractivity (Wildman–Crippen MR) is 137 cm³/mol. The lowest BCUT2D eigenvalue weighted by atomic mass is 10.2. The van der Waals surface area contributed by atoms with E-state index in [1.54, 1.807) is 26.0 Å². The summed E-state index contributed by atoms with van der Waals surface area (Å²) in [6.45, 7) is 4.81. The number of furan rings is 1. The lowest BCUT2D eigenvalue weighted by Gasteiger charge is -2.15. The number of hydrogen-bond acceptors (Lipinski definition) is 8. The molecule has 204 valence electrons. The van der Waals surface area contributed by atoms with Crippen molar-refractivity contribution in [2.75, 3.05) is 0 Å². The highest BCUT2D eigenvalue weighted by atomic mass is 32.2. The SMILES string of the molecule is Cc1c(C(=O)NCc2ccco2)nn(-c2ccc(F)cc2)c1Oc1ccc([N+](=O)[O-])cc1S(=O)(=O)NC(C)C. The number of amides is 1. The summed E-state index contributed by atoms with van der Waals surface area (Å²) in [4.78, 5) is 23.2. The van der Waals surface area contributed by atoms with Gasteiger partial charge in [-0.1, -0.05) is 0 Å². The molecule has 2 aromatic heterocycles. The summed E-state index contributed by atoms with van der Waals surface area (Å²) >= 11 is 0. The number of carbonyl (C=O) groups is 1. The summed E-state index contributed by atoms with van der Waals surface area (Å²) in [5.74, 6) is -0.881. The molecule has 0 atom stereocenters. The molecule has 0 fully saturated rings. The maximum absolute atomic E-state index is 13.6. The molecule has 0 spiro atoms. The third kappa shape index (κ3) is 6.13. The number of nitrogens with zero attached hydrogens (tertiary/aromatic N) is 3. The Hall–Kier alpha value is -4.56. The number of nitro benzene ring substituents is 1. The molecule has 1 amide bonds. The van der Waals surface area contributed by atoms with Gasteiger partial charge in [-0.15, -0.1) is 0 Å². The van der Waals surface area contributed by atoms with Crippen LogP contribution in [-0.4, -0.2) is 35.1 Å². The Morgan fingerprint density at radius 2 is 1.92 bits per heavy atom. The van der Waals surface area contributed by atoms with Gasteiger partial charge in [0.2, 0.25) is 15.9 Å². The van der Waals surface area contributed by atoms with Crippen LogP contribution in [0.3, 0.4) is 0 Å². The Labute approximate surface area is 222 Å². The number of sulfonamides is 1. The second-order valence-corrected chi connectivity index (χ2v) is 10.4. The molecule has 14 heteroatoms. The summed E-state index contributed by atoms with van der Waals surface area (Å²) in [6, 6.07) is 11.1. The van der Waals surface area contributed by atoms with Crippen LogP contribution >= 0.6 is 0 Å². The molecule has 4 rings (SSSR count). The molecule has 2 aromatic carbocycles.